The number of nitrogens with zero attached hydrogens (tertiary/aromatic N) is 2. The Morgan fingerprint density at radius 2 is 1.87 bits per heavy atom. The molecule has 1 aliphatic carbocycles. The maximum absolute atomic E-state index is 11.1. The zero-order chi connectivity index (χ0) is 22.1. The normalized spacial score (nSPS) is 15.7. The number of aliphatic hydroxyl groups excluding tert-OH is 1. The first-order valence-electron chi connectivity index (χ1n) is 10.7. The van der Waals surface area contributed by atoms with Crippen LogP contribution in [0, 0.1) is 0 Å². The van der Waals surface area contributed by atoms with Gasteiger partial charge in [0.15, 0.2) is 0 Å². The largest absolute Gasteiger partial charge is 0.384 e. The predicted molar refractivity (Wildman–Crippen MR) is 125 cm³/mol. The molecule has 1 N–H and O–H groups in total. The lowest BCUT2D eigenvalue weighted by molar-refractivity contribution is -0.140. The molecule has 5 nitrogen and oxygen atoms in total. The van der Waals surface area contributed by atoms with Gasteiger partial charge in [0.2, 0.25) is 0 Å². The van der Waals surface area contributed by atoms with Gasteiger partial charge in [0.25, 0.3) is 0 Å². The molecule has 4 rings (SSSR count). The van der Waals surface area contributed by atoms with Crippen LogP contribution in [0.4, 0.5) is 0 Å². The Kier molecular flexibility index (Phi) is 5.79. The lowest BCUT2D eigenvalue weighted by atomic mass is 9.90. The number of aromatic nitrogens is 1. The Bertz CT molecular complexity index is 1260. The molecule has 1 atom stereocenters. The quantitative estimate of drug-likeness (QED) is 0.325. The summed E-state index contributed by atoms with van der Waals surface area (Å²) >= 11 is 0. The average Bonchev–Trinajstić information content (AvgIpc) is 3.09. The number of aryl methyl sites for hydroxylation is 1. The molecular formula is C26H28N2O3. The van der Waals surface area contributed by atoms with E-state index in [1.807, 2.05) is 19.1 Å². The van der Waals surface area contributed by atoms with E-state index >= 15 is 0 Å². The molecule has 2 aromatic carbocycles. The number of benzene rings is 2. The molecule has 1 heterocycles. The second-order valence-electron chi connectivity index (χ2n) is 8.06. The zero-order valence-corrected chi connectivity index (χ0v) is 18.5. The standard InChI is InChI=1S/C26H28N2O3/c1-5-28-24-12-10-19(17(3)27-31-18(4)29)14-22(24)23-15-20(11-13-25(23)28)26(30)21-9-7-6-8-16(21)2/h6,8,10-15,26,30H,5,7,9H2,1-4H3/b27-17+. The van der Waals surface area contributed by atoms with Gasteiger partial charge in [-0.05, 0) is 80.2 Å². The van der Waals surface area contributed by atoms with E-state index in [-0.39, 0.29) is 0 Å². The molecule has 0 amide bonds. The third kappa shape index (κ3) is 3.93. The molecule has 3 aromatic rings. The van der Waals surface area contributed by atoms with Gasteiger partial charge < -0.3 is 14.5 Å². The fourth-order valence-electron chi connectivity index (χ4n) is 4.40. The van der Waals surface area contributed by atoms with Gasteiger partial charge >= 0.3 is 5.97 Å². The molecule has 0 bridgehead atoms. The molecule has 1 aromatic heterocycles. The van der Waals surface area contributed by atoms with Gasteiger partial charge in [-0.1, -0.05) is 29.4 Å². The minimum absolute atomic E-state index is 0.441. The number of fused-ring (bicyclic) bond motifs is 3. The van der Waals surface area contributed by atoms with Crippen LogP contribution < -0.4 is 0 Å². The van der Waals surface area contributed by atoms with E-state index in [0.717, 1.165) is 63.5 Å². The summed E-state index contributed by atoms with van der Waals surface area (Å²) in [6.45, 7) is 8.20. The van der Waals surface area contributed by atoms with Crippen molar-refractivity contribution in [3.8, 4) is 0 Å². The van der Waals surface area contributed by atoms with Crippen LogP contribution >= 0.6 is 0 Å². The molecule has 0 fully saturated rings. The van der Waals surface area contributed by atoms with Crippen LogP contribution in [0.5, 0.6) is 0 Å². The maximum Gasteiger partial charge on any atom is 0.331 e. The molecule has 0 spiro atoms. The van der Waals surface area contributed by atoms with E-state index in [2.05, 4.69) is 60.0 Å². The molecule has 1 unspecified atom stereocenters. The van der Waals surface area contributed by atoms with E-state index < -0.39 is 12.1 Å². The summed E-state index contributed by atoms with van der Waals surface area (Å²) in [5.74, 6) is -0.441. The minimum atomic E-state index is -0.607. The van der Waals surface area contributed by atoms with Crippen molar-refractivity contribution in [2.24, 2.45) is 5.16 Å². The van der Waals surface area contributed by atoms with Gasteiger partial charge in [-0.2, -0.15) is 0 Å². The number of hydrogen-bond acceptors (Lipinski definition) is 4. The van der Waals surface area contributed by atoms with Crippen molar-refractivity contribution in [3.05, 3.63) is 70.8 Å². The van der Waals surface area contributed by atoms with Gasteiger partial charge in [-0.15, -0.1) is 0 Å². The van der Waals surface area contributed by atoms with Crippen molar-refractivity contribution < 1.29 is 14.7 Å². The van der Waals surface area contributed by atoms with Gasteiger partial charge in [0.05, 0.1) is 5.71 Å². The topological polar surface area (TPSA) is 63.8 Å². The molecule has 0 radical (unpaired) electrons. The number of hydrogen-bond donors (Lipinski definition) is 1. The first-order valence-corrected chi connectivity index (χ1v) is 10.7. The highest BCUT2D eigenvalue weighted by molar-refractivity contribution is 6.11. The summed E-state index contributed by atoms with van der Waals surface area (Å²) in [4.78, 5) is 15.9. The van der Waals surface area contributed by atoms with Crippen molar-refractivity contribution in [2.75, 3.05) is 0 Å². The van der Waals surface area contributed by atoms with Crippen LogP contribution in [-0.4, -0.2) is 21.4 Å². The van der Waals surface area contributed by atoms with Gasteiger partial charge in [0, 0.05) is 35.3 Å². The third-order valence-electron chi connectivity index (χ3n) is 6.03. The Morgan fingerprint density at radius 1 is 1.16 bits per heavy atom. The lowest BCUT2D eigenvalue weighted by Gasteiger charge is -2.20. The molecule has 0 saturated carbocycles. The Labute approximate surface area is 182 Å². The number of aliphatic hydroxyl groups is 1. The number of oxime groups is 1. The van der Waals surface area contributed by atoms with Crippen LogP contribution in [0.15, 0.2) is 64.9 Å². The van der Waals surface area contributed by atoms with Crippen LogP contribution in [0.2, 0.25) is 0 Å². The van der Waals surface area contributed by atoms with Gasteiger partial charge in [-0.25, -0.2) is 4.79 Å². The zero-order valence-electron chi connectivity index (χ0n) is 18.5. The van der Waals surface area contributed by atoms with Crippen molar-refractivity contribution in [1.29, 1.82) is 0 Å². The maximum atomic E-state index is 11.1. The Hall–Kier alpha value is -3.18. The van der Waals surface area contributed by atoms with Crippen LogP contribution in [0.25, 0.3) is 21.8 Å². The molecule has 0 saturated heterocycles. The fraction of sp³-hybridized carbons (Fsp3) is 0.308. The molecule has 0 aliphatic heterocycles. The summed E-state index contributed by atoms with van der Waals surface area (Å²) in [6, 6.07) is 12.4. The highest BCUT2D eigenvalue weighted by Crippen LogP contribution is 2.36. The first-order chi connectivity index (χ1) is 14.9. The SMILES string of the molecule is CCn1c2ccc(/C(C)=N/OC(C)=O)cc2c2cc(C(O)C3=C(C)C=CCC3)ccc21. The predicted octanol–water partition coefficient (Wildman–Crippen LogP) is 5.80. The van der Waals surface area contributed by atoms with Crippen molar-refractivity contribution >= 4 is 33.5 Å². The summed E-state index contributed by atoms with van der Waals surface area (Å²) in [7, 11) is 0. The second kappa shape index (κ2) is 8.52. The molecule has 31 heavy (non-hydrogen) atoms. The highest BCUT2D eigenvalue weighted by Gasteiger charge is 2.19. The smallest absolute Gasteiger partial charge is 0.331 e. The van der Waals surface area contributed by atoms with Crippen molar-refractivity contribution in [1.82, 2.24) is 4.57 Å². The summed E-state index contributed by atoms with van der Waals surface area (Å²) < 4.78 is 2.27. The number of allylic oxidation sites excluding steroid dienone is 3. The van der Waals surface area contributed by atoms with E-state index in [1.165, 1.54) is 6.92 Å². The highest BCUT2D eigenvalue weighted by atomic mass is 16.7. The van der Waals surface area contributed by atoms with Gasteiger partial charge in [0.1, 0.15) is 6.10 Å². The molecule has 5 heteroatoms. The lowest BCUT2D eigenvalue weighted by Crippen LogP contribution is -2.05. The van der Waals surface area contributed by atoms with Crippen LogP contribution in [0.1, 0.15) is 57.8 Å². The van der Waals surface area contributed by atoms with Crippen molar-refractivity contribution in [3.63, 3.8) is 0 Å². The van der Waals surface area contributed by atoms with E-state index in [1.54, 1.807) is 0 Å². The van der Waals surface area contributed by atoms with E-state index in [0.29, 0.717) is 5.71 Å². The van der Waals surface area contributed by atoms with Gasteiger partial charge in [-0.3, -0.25) is 0 Å². The summed E-state index contributed by atoms with van der Waals surface area (Å²) in [5.41, 5.74) is 6.94. The first kappa shape index (κ1) is 21.1. The number of rotatable bonds is 5. The third-order valence-corrected chi connectivity index (χ3v) is 6.03. The number of carbonyl (C=O) groups is 1. The molecular weight excluding hydrogens is 388 g/mol. The molecule has 1 aliphatic rings. The Morgan fingerprint density at radius 3 is 2.55 bits per heavy atom. The van der Waals surface area contributed by atoms with Crippen LogP contribution in [0.3, 0.4) is 0 Å². The fourth-order valence-corrected chi connectivity index (χ4v) is 4.40. The number of carbonyl (C=O) groups excluding carboxylic acids is 1. The summed E-state index contributed by atoms with van der Waals surface area (Å²) in [6.07, 6.45) is 5.50. The second-order valence-corrected chi connectivity index (χ2v) is 8.06. The average molecular weight is 417 g/mol. The van der Waals surface area contributed by atoms with Crippen LogP contribution in [-0.2, 0) is 16.2 Å². The summed E-state index contributed by atoms with van der Waals surface area (Å²) in [5, 5.41) is 17.2. The van der Waals surface area contributed by atoms with E-state index in [4.69, 9.17) is 4.84 Å². The minimum Gasteiger partial charge on any atom is -0.384 e. The monoisotopic (exact) mass is 416 g/mol. The Balaban J connectivity index is 1.86. The van der Waals surface area contributed by atoms with E-state index in [9.17, 15) is 9.90 Å². The van der Waals surface area contributed by atoms with Crippen molar-refractivity contribution in [2.45, 2.75) is 53.2 Å². The molecule has 160 valence electrons.